The van der Waals surface area contributed by atoms with Gasteiger partial charge in [-0.25, -0.2) is 0 Å². The molecule has 1 fully saturated rings. The number of pyridine rings is 1. The van der Waals surface area contributed by atoms with Gasteiger partial charge in [0.1, 0.15) is 0 Å². The average Bonchev–Trinajstić information content (AvgIpc) is 2.80. The van der Waals surface area contributed by atoms with Crippen LogP contribution in [0.4, 0.5) is 0 Å². The third kappa shape index (κ3) is 3.35. The van der Waals surface area contributed by atoms with Gasteiger partial charge in [0.2, 0.25) is 5.91 Å². The second-order valence-electron chi connectivity index (χ2n) is 5.65. The molecule has 0 saturated heterocycles. The number of nitrogens with one attached hydrogen (secondary N) is 1. The predicted octanol–water partition coefficient (Wildman–Crippen LogP) is 1.75. The number of rotatable bonds is 4. The van der Waals surface area contributed by atoms with Crippen molar-refractivity contribution in [3.8, 4) is 0 Å². The molecule has 1 aromatic rings. The Labute approximate surface area is 118 Å². The molecule has 0 aliphatic heterocycles. The molecule has 3 unspecified atom stereocenters. The molecule has 1 aliphatic carbocycles. The first-order valence-corrected chi connectivity index (χ1v) is 6.89. The van der Waals surface area contributed by atoms with Crippen molar-refractivity contribution in [2.24, 2.45) is 17.8 Å². The van der Waals surface area contributed by atoms with E-state index in [1.807, 2.05) is 26.0 Å². The molecule has 5 heteroatoms. The average molecular weight is 276 g/mol. The number of aryl methyl sites for hydroxylation is 1. The Morgan fingerprint density at radius 1 is 1.35 bits per heavy atom. The van der Waals surface area contributed by atoms with Gasteiger partial charge in [0.25, 0.3) is 0 Å². The minimum Gasteiger partial charge on any atom is -0.481 e. The molecule has 2 N–H and O–H groups in total. The fraction of sp³-hybridized carbons (Fsp3) is 0.533. The van der Waals surface area contributed by atoms with E-state index in [0.717, 1.165) is 11.3 Å². The highest BCUT2D eigenvalue weighted by molar-refractivity contribution is 5.85. The smallest absolute Gasteiger partial charge is 0.307 e. The maximum Gasteiger partial charge on any atom is 0.307 e. The van der Waals surface area contributed by atoms with E-state index in [1.54, 1.807) is 6.20 Å². The topological polar surface area (TPSA) is 79.3 Å². The summed E-state index contributed by atoms with van der Waals surface area (Å²) in [7, 11) is 0. The molecule has 0 radical (unpaired) electrons. The highest BCUT2D eigenvalue weighted by Gasteiger charge is 2.40. The fourth-order valence-corrected chi connectivity index (χ4v) is 2.78. The van der Waals surface area contributed by atoms with E-state index in [0.29, 0.717) is 19.4 Å². The molecule has 5 nitrogen and oxygen atoms in total. The minimum absolute atomic E-state index is 0.165. The monoisotopic (exact) mass is 276 g/mol. The summed E-state index contributed by atoms with van der Waals surface area (Å²) in [6.07, 6.45) is 2.95. The van der Waals surface area contributed by atoms with E-state index in [1.165, 1.54) is 0 Å². The predicted molar refractivity (Wildman–Crippen MR) is 73.8 cm³/mol. The number of amides is 1. The van der Waals surface area contributed by atoms with Crippen molar-refractivity contribution < 1.29 is 14.7 Å². The molecule has 1 aromatic heterocycles. The van der Waals surface area contributed by atoms with Crippen molar-refractivity contribution in [2.75, 3.05) is 0 Å². The number of carboxylic acids is 1. The van der Waals surface area contributed by atoms with Gasteiger partial charge in [-0.15, -0.1) is 0 Å². The molecule has 3 atom stereocenters. The number of hydrogen-bond donors (Lipinski definition) is 2. The van der Waals surface area contributed by atoms with Crippen LogP contribution in [0.3, 0.4) is 0 Å². The number of nitrogens with zero attached hydrogens (tertiary/aromatic N) is 1. The fourth-order valence-electron chi connectivity index (χ4n) is 2.78. The van der Waals surface area contributed by atoms with Gasteiger partial charge < -0.3 is 10.4 Å². The van der Waals surface area contributed by atoms with Crippen LogP contribution in [0.5, 0.6) is 0 Å². The normalized spacial score (nSPS) is 25.4. The Morgan fingerprint density at radius 3 is 2.65 bits per heavy atom. The Kier molecular flexibility index (Phi) is 4.37. The lowest BCUT2D eigenvalue weighted by molar-refractivity contribution is -0.146. The van der Waals surface area contributed by atoms with Crippen LogP contribution in [-0.4, -0.2) is 22.0 Å². The summed E-state index contributed by atoms with van der Waals surface area (Å²) in [4.78, 5) is 27.5. The summed E-state index contributed by atoms with van der Waals surface area (Å²) in [5.74, 6) is -1.72. The molecule has 2 rings (SSSR count). The summed E-state index contributed by atoms with van der Waals surface area (Å²) in [5, 5.41) is 12.0. The Hall–Kier alpha value is -1.91. The maximum atomic E-state index is 12.2. The van der Waals surface area contributed by atoms with Crippen molar-refractivity contribution in [1.29, 1.82) is 0 Å². The lowest BCUT2D eigenvalue weighted by Crippen LogP contribution is -2.34. The highest BCUT2D eigenvalue weighted by Crippen LogP contribution is 2.36. The van der Waals surface area contributed by atoms with E-state index in [2.05, 4.69) is 10.3 Å². The van der Waals surface area contributed by atoms with E-state index in [9.17, 15) is 14.7 Å². The van der Waals surface area contributed by atoms with Gasteiger partial charge in [0.15, 0.2) is 0 Å². The molecule has 108 valence electrons. The van der Waals surface area contributed by atoms with Gasteiger partial charge in [-0.2, -0.15) is 0 Å². The standard InChI is InChI=1S/C15H20N2O3/c1-9-5-12(13(6-9)15(19)20)14(18)17-8-11-4-3-10(2)16-7-11/h3-4,7,9,12-13H,5-6,8H2,1-2H3,(H,17,18)(H,19,20). The Bertz CT molecular complexity index is 498. The van der Waals surface area contributed by atoms with E-state index >= 15 is 0 Å². The quantitative estimate of drug-likeness (QED) is 0.878. The third-order valence-corrected chi connectivity index (χ3v) is 3.89. The molecule has 0 bridgehead atoms. The summed E-state index contributed by atoms with van der Waals surface area (Å²) < 4.78 is 0. The van der Waals surface area contributed by atoms with Crippen LogP contribution in [0.2, 0.25) is 0 Å². The van der Waals surface area contributed by atoms with Gasteiger partial charge in [-0.05, 0) is 37.3 Å². The summed E-state index contributed by atoms with van der Waals surface area (Å²) in [6, 6.07) is 3.80. The van der Waals surface area contributed by atoms with Gasteiger partial charge in [0.05, 0.1) is 11.8 Å². The van der Waals surface area contributed by atoms with Crippen molar-refractivity contribution in [1.82, 2.24) is 10.3 Å². The summed E-state index contributed by atoms with van der Waals surface area (Å²) in [6.45, 7) is 4.29. The first kappa shape index (κ1) is 14.5. The van der Waals surface area contributed by atoms with Crippen LogP contribution >= 0.6 is 0 Å². The SMILES string of the molecule is Cc1ccc(CNC(=O)C2CC(C)CC2C(=O)O)cn1. The summed E-state index contributed by atoms with van der Waals surface area (Å²) >= 11 is 0. The molecule has 0 spiro atoms. The van der Waals surface area contributed by atoms with Crippen LogP contribution in [0.1, 0.15) is 31.0 Å². The minimum atomic E-state index is -0.869. The molecule has 20 heavy (non-hydrogen) atoms. The van der Waals surface area contributed by atoms with E-state index < -0.39 is 17.8 Å². The highest BCUT2D eigenvalue weighted by atomic mass is 16.4. The Morgan fingerprint density at radius 2 is 2.05 bits per heavy atom. The van der Waals surface area contributed by atoms with Gasteiger partial charge in [-0.3, -0.25) is 14.6 Å². The molecular formula is C15H20N2O3. The molecule has 1 aliphatic rings. The lowest BCUT2D eigenvalue weighted by atomic mass is 9.95. The number of carbonyl (C=O) groups is 2. The van der Waals surface area contributed by atoms with Crippen LogP contribution in [0.15, 0.2) is 18.3 Å². The van der Waals surface area contributed by atoms with Crippen LogP contribution in [0, 0.1) is 24.7 Å². The van der Waals surface area contributed by atoms with Crippen molar-refractivity contribution >= 4 is 11.9 Å². The lowest BCUT2D eigenvalue weighted by Gasteiger charge is -2.15. The molecule has 0 aromatic carbocycles. The van der Waals surface area contributed by atoms with Gasteiger partial charge >= 0.3 is 5.97 Å². The van der Waals surface area contributed by atoms with Gasteiger partial charge in [0, 0.05) is 18.4 Å². The van der Waals surface area contributed by atoms with E-state index in [-0.39, 0.29) is 11.8 Å². The Balaban J connectivity index is 1.94. The first-order chi connectivity index (χ1) is 9.47. The zero-order valence-corrected chi connectivity index (χ0v) is 11.8. The zero-order valence-electron chi connectivity index (χ0n) is 11.8. The molecule has 1 amide bonds. The maximum absolute atomic E-state index is 12.2. The van der Waals surface area contributed by atoms with Crippen LogP contribution in [0.25, 0.3) is 0 Å². The van der Waals surface area contributed by atoms with Crippen LogP contribution in [-0.2, 0) is 16.1 Å². The first-order valence-electron chi connectivity index (χ1n) is 6.89. The molecule has 1 saturated carbocycles. The zero-order chi connectivity index (χ0) is 14.7. The van der Waals surface area contributed by atoms with E-state index in [4.69, 9.17) is 0 Å². The largest absolute Gasteiger partial charge is 0.481 e. The van der Waals surface area contributed by atoms with Crippen molar-refractivity contribution in [2.45, 2.75) is 33.2 Å². The number of aliphatic carboxylic acids is 1. The van der Waals surface area contributed by atoms with Crippen LogP contribution < -0.4 is 5.32 Å². The molecule has 1 heterocycles. The number of carbonyl (C=O) groups excluding carboxylic acids is 1. The van der Waals surface area contributed by atoms with Gasteiger partial charge in [-0.1, -0.05) is 13.0 Å². The van der Waals surface area contributed by atoms with Crippen molar-refractivity contribution in [3.63, 3.8) is 0 Å². The second-order valence-corrected chi connectivity index (χ2v) is 5.65. The molecular weight excluding hydrogens is 256 g/mol. The second kappa shape index (κ2) is 6.03. The third-order valence-electron chi connectivity index (χ3n) is 3.89. The number of carboxylic acid groups (broad SMARTS) is 1. The number of hydrogen-bond acceptors (Lipinski definition) is 3. The number of aromatic nitrogens is 1. The summed E-state index contributed by atoms with van der Waals surface area (Å²) in [5.41, 5.74) is 1.84. The van der Waals surface area contributed by atoms with Crippen molar-refractivity contribution in [3.05, 3.63) is 29.6 Å².